The lowest BCUT2D eigenvalue weighted by molar-refractivity contribution is -0.127. The van der Waals surface area contributed by atoms with Gasteiger partial charge in [-0.3, -0.25) is 14.0 Å². The van der Waals surface area contributed by atoms with Gasteiger partial charge in [0.2, 0.25) is 5.88 Å². The third-order valence-corrected chi connectivity index (χ3v) is 5.38. The van der Waals surface area contributed by atoms with Crippen molar-refractivity contribution in [3.8, 4) is 17.7 Å². The molecule has 3 heterocycles. The predicted octanol–water partition coefficient (Wildman–Crippen LogP) is 3.85. The van der Waals surface area contributed by atoms with Crippen molar-refractivity contribution in [2.24, 2.45) is 0 Å². The van der Waals surface area contributed by atoms with Crippen molar-refractivity contribution in [1.29, 1.82) is 5.26 Å². The van der Waals surface area contributed by atoms with E-state index in [-0.39, 0.29) is 22.8 Å². The number of aryl methyl sites for hydroxylation is 1. The number of aromatic nitrogens is 2. The van der Waals surface area contributed by atoms with Crippen molar-refractivity contribution in [3.63, 3.8) is 0 Å². The van der Waals surface area contributed by atoms with E-state index in [9.17, 15) is 19.2 Å². The lowest BCUT2D eigenvalue weighted by atomic mass is 10.1. The number of likely N-dealkylation sites (tertiary alicyclic amines) is 1. The van der Waals surface area contributed by atoms with Gasteiger partial charge in [-0.25, -0.2) is 4.39 Å². The van der Waals surface area contributed by atoms with Crippen molar-refractivity contribution in [2.45, 2.75) is 26.2 Å². The van der Waals surface area contributed by atoms with E-state index in [2.05, 4.69) is 4.98 Å². The number of hydrogen-bond acceptors (Lipinski definition) is 5. The first-order valence-corrected chi connectivity index (χ1v) is 10.3. The minimum atomic E-state index is -0.626. The molecule has 1 aliphatic rings. The Labute approximate surface area is 184 Å². The number of halogens is 1. The second-order valence-electron chi connectivity index (χ2n) is 7.58. The highest BCUT2D eigenvalue weighted by atomic mass is 19.1. The topological polar surface area (TPSA) is 87.7 Å². The normalized spacial score (nSPS) is 14.3. The molecule has 3 aromatic rings. The maximum absolute atomic E-state index is 14.2. The first kappa shape index (κ1) is 21.2. The van der Waals surface area contributed by atoms with Gasteiger partial charge in [0.15, 0.2) is 11.6 Å². The first-order chi connectivity index (χ1) is 15.5. The van der Waals surface area contributed by atoms with Crippen LogP contribution in [0.5, 0.6) is 11.6 Å². The summed E-state index contributed by atoms with van der Waals surface area (Å²) >= 11 is 0. The molecule has 0 N–H and O–H groups in total. The van der Waals surface area contributed by atoms with Gasteiger partial charge in [0.25, 0.3) is 11.5 Å². The molecule has 0 bridgehead atoms. The number of rotatable bonds is 4. The summed E-state index contributed by atoms with van der Waals surface area (Å²) in [5.41, 5.74) is 0.226. The number of piperidine rings is 1. The van der Waals surface area contributed by atoms with Crippen molar-refractivity contribution >= 4 is 17.6 Å². The second-order valence-corrected chi connectivity index (χ2v) is 7.58. The summed E-state index contributed by atoms with van der Waals surface area (Å²) in [6.45, 7) is 2.90. The standard InChI is InChI=1S/C24H21FN4O3/c1-16-8-7-13-29-21(16)27-22(32-20-10-4-3-9-19(20)25)18(24(29)31)14-17(15-26)23(30)28-11-5-2-6-12-28/h3-4,7-10,13-14H,2,5-6,11-12H2,1H3. The van der Waals surface area contributed by atoms with Gasteiger partial charge in [0.05, 0.1) is 0 Å². The molecule has 0 saturated carbocycles. The Morgan fingerprint density at radius 3 is 2.66 bits per heavy atom. The number of hydrogen-bond donors (Lipinski definition) is 0. The zero-order chi connectivity index (χ0) is 22.7. The van der Waals surface area contributed by atoms with Gasteiger partial charge in [-0.15, -0.1) is 0 Å². The fraction of sp³-hybridized carbons (Fsp3) is 0.250. The van der Waals surface area contributed by atoms with E-state index >= 15 is 0 Å². The molecule has 7 nitrogen and oxygen atoms in total. The highest BCUT2D eigenvalue weighted by molar-refractivity contribution is 6.02. The highest BCUT2D eigenvalue weighted by Crippen LogP contribution is 2.27. The molecule has 4 rings (SSSR count). The summed E-state index contributed by atoms with van der Waals surface area (Å²) in [6.07, 6.45) is 5.50. The predicted molar refractivity (Wildman–Crippen MR) is 117 cm³/mol. The van der Waals surface area contributed by atoms with E-state index in [0.29, 0.717) is 24.3 Å². The second kappa shape index (κ2) is 9.02. The molecular weight excluding hydrogens is 411 g/mol. The number of benzene rings is 1. The lowest BCUT2D eigenvalue weighted by Crippen LogP contribution is -2.36. The maximum Gasteiger partial charge on any atom is 0.269 e. The van der Waals surface area contributed by atoms with Crippen LogP contribution in [0.2, 0.25) is 0 Å². The lowest BCUT2D eigenvalue weighted by Gasteiger charge is -2.26. The number of nitrogens with zero attached hydrogens (tertiary/aromatic N) is 4. The Hall–Kier alpha value is -3.99. The maximum atomic E-state index is 14.2. The van der Waals surface area contributed by atoms with Gasteiger partial charge in [-0.05, 0) is 56.0 Å². The van der Waals surface area contributed by atoms with Gasteiger partial charge in [0, 0.05) is 19.3 Å². The van der Waals surface area contributed by atoms with Crippen LogP contribution in [0.3, 0.4) is 0 Å². The summed E-state index contributed by atoms with van der Waals surface area (Å²) in [6, 6.07) is 11.1. The smallest absolute Gasteiger partial charge is 0.269 e. The zero-order valence-corrected chi connectivity index (χ0v) is 17.5. The molecule has 162 valence electrons. The molecule has 8 heteroatoms. The number of fused-ring (bicyclic) bond motifs is 1. The fourth-order valence-corrected chi connectivity index (χ4v) is 3.68. The SMILES string of the molecule is Cc1cccn2c(=O)c(C=C(C#N)C(=O)N3CCCCC3)c(Oc3ccccc3F)nc12. The van der Waals surface area contributed by atoms with Gasteiger partial charge < -0.3 is 9.64 Å². The van der Waals surface area contributed by atoms with Crippen molar-refractivity contribution in [1.82, 2.24) is 14.3 Å². The molecule has 1 fully saturated rings. The van der Waals surface area contributed by atoms with E-state index in [0.717, 1.165) is 19.3 Å². The van der Waals surface area contributed by atoms with E-state index in [1.807, 2.05) is 6.07 Å². The molecule has 1 saturated heterocycles. The molecule has 1 aromatic carbocycles. The van der Waals surface area contributed by atoms with Crippen LogP contribution in [0.1, 0.15) is 30.4 Å². The van der Waals surface area contributed by atoms with Crippen LogP contribution in [-0.4, -0.2) is 33.3 Å². The summed E-state index contributed by atoms with van der Waals surface area (Å²) < 4.78 is 21.2. The zero-order valence-electron chi connectivity index (χ0n) is 17.5. The molecule has 1 amide bonds. The van der Waals surface area contributed by atoms with E-state index in [1.165, 1.54) is 28.7 Å². The summed E-state index contributed by atoms with van der Waals surface area (Å²) in [5.74, 6) is -1.36. The highest BCUT2D eigenvalue weighted by Gasteiger charge is 2.23. The fourth-order valence-electron chi connectivity index (χ4n) is 3.68. The monoisotopic (exact) mass is 432 g/mol. The Morgan fingerprint density at radius 2 is 1.94 bits per heavy atom. The minimum Gasteiger partial charge on any atom is -0.435 e. The third-order valence-electron chi connectivity index (χ3n) is 5.38. The van der Waals surface area contributed by atoms with Crippen molar-refractivity contribution in [3.05, 3.63) is 75.5 Å². The molecule has 1 aliphatic heterocycles. The van der Waals surface area contributed by atoms with Crippen molar-refractivity contribution < 1.29 is 13.9 Å². The Balaban J connectivity index is 1.88. The van der Waals surface area contributed by atoms with Crippen LogP contribution in [0.4, 0.5) is 4.39 Å². The Kier molecular flexibility index (Phi) is 5.99. The Morgan fingerprint density at radius 1 is 1.19 bits per heavy atom. The number of carbonyl (C=O) groups is 1. The quantitative estimate of drug-likeness (QED) is 0.462. The van der Waals surface area contributed by atoms with Crippen LogP contribution >= 0.6 is 0 Å². The van der Waals surface area contributed by atoms with Gasteiger partial charge >= 0.3 is 0 Å². The summed E-state index contributed by atoms with van der Waals surface area (Å²) in [5, 5.41) is 9.67. The summed E-state index contributed by atoms with van der Waals surface area (Å²) in [7, 11) is 0. The molecule has 32 heavy (non-hydrogen) atoms. The van der Waals surface area contributed by atoms with Crippen LogP contribution in [0.15, 0.2) is 53.0 Å². The number of ether oxygens (including phenoxy) is 1. The van der Waals surface area contributed by atoms with E-state index in [1.54, 1.807) is 36.2 Å². The molecule has 2 aromatic heterocycles. The summed E-state index contributed by atoms with van der Waals surface area (Å²) in [4.78, 5) is 32.2. The van der Waals surface area contributed by atoms with Crippen LogP contribution < -0.4 is 10.3 Å². The molecule has 0 aliphatic carbocycles. The van der Waals surface area contributed by atoms with Crippen molar-refractivity contribution in [2.75, 3.05) is 13.1 Å². The number of pyridine rings is 1. The number of nitriles is 1. The average Bonchev–Trinajstić information content (AvgIpc) is 2.81. The molecule has 0 unspecified atom stereocenters. The number of para-hydroxylation sites is 1. The van der Waals surface area contributed by atoms with E-state index < -0.39 is 17.3 Å². The first-order valence-electron chi connectivity index (χ1n) is 10.3. The molecule has 0 radical (unpaired) electrons. The van der Waals surface area contributed by atoms with Gasteiger partial charge in [-0.2, -0.15) is 10.2 Å². The Bertz CT molecular complexity index is 1320. The van der Waals surface area contributed by atoms with Gasteiger partial charge in [0.1, 0.15) is 22.9 Å². The minimum absolute atomic E-state index is 0.0988. The number of amides is 1. The van der Waals surface area contributed by atoms with Crippen LogP contribution in [-0.2, 0) is 4.79 Å². The number of carbonyl (C=O) groups excluding carboxylic acids is 1. The molecule has 0 atom stereocenters. The average molecular weight is 432 g/mol. The third kappa shape index (κ3) is 4.10. The van der Waals surface area contributed by atoms with Crippen LogP contribution in [0, 0.1) is 24.1 Å². The largest absolute Gasteiger partial charge is 0.435 e. The molecular formula is C24H21FN4O3. The van der Waals surface area contributed by atoms with Crippen LogP contribution in [0.25, 0.3) is 11.7 Å². The molecule has 0 spiro atoms. The van der Waals surface area contributed by atoms with E-state index in [4.69, 9.17) is 4.74 Å². The van der Waals surface area contributed by atoms with Gasteiger partial charge in [-0.1, -0.05) is 18.2 Å².